The molecule has 1 fully saturated rings. The standard InChI is InChI=1S/C17H22N4O3/c1-11(16-12(2)20-24-13(16)3)19-17(22)21-8-6-15(10-21)23-14-5-4-7-18-9-14/h4-5,7,9,11,15H,6,8,10H2,1-3H3,(H,19,22). The van der Waals surface area contributed by atoms with Gasteiger partial charge in [0.2, 0.25) is 0 Å². The molecule has 1 saturated heterocycles. The molecule has 0 radical (unpaired) electrons. The highest BCUT2D eigenvalue weighted by atomic mass is 16.5. The van der Waals surface area contributed by atoms with Crippen molar-refractivity contribution < 1.29 is 14.1 Å². The van der Waals surface area contributed by atoms with Crippen LogP contribution in [0, 0.1) is 13.8 Å². The van der Waals surface area contributed by atoms with E-state index < -0.39 is 0 Å². The van der Waals surface area contributed by atoms with Gasteiger partial charge in [-0.05, 0) is 32.9 Å². The Morgan fingerprint density at radius 1 is 1.50 bits per heavy atom. The Hall–Kier alpha value is -2.57. The lowest BCUT2D eigenvalue weighted by Gasteiger charge is -2.21. The van der Waals surface area contributed by atoms with Crippen molar-refractivity contribution in [1.29, 1.82) is 0 Å². The lowest BCUT2D eigenvalue weighted by atomic mass is 10.1. The molecule has 0 aromatic carbocycles. The average Bonchev–Trinajstić information content (AvgIpc) is 3.15. The third-order valence-electron chi connectivity index (χ3n) is 4.23. The lowest BCUT2D eigenvalue weighted by Crippen LogP contribution is -2.40. The molecular weight excluding hydrogens is 308 g/mol. The number of aromatic nitrogens is 2. The summed E-state index contributed by atoms with van der Waals surface area (Å²) >= 11 is 0. The monoisotopic (exact) mass is 330 g/mol. The van der Waals surface area contributed by atoms with Crippen LogP contribution in [-0.4, -0.2) is 40.3 Å². The highest BCUT2D eigenvalue weighted by Crippen LogP contribution is 2.22. The molecule has 0 spiro atoms. The highest BCUT2D eigenvalue weighted by molar-refractivity contribution is 5.75. The number of aryl methyl sites for hydroxylation is 2. The van der Waals surface area contributed by atoms with Crippen LogP contribution in [0.15, 0.2) is 29.0 Å². The van der Waals surface area contributed by atoms with E-state index in [1.807, 2.05) is 32.9 Å². The van der Waals surface area contributed by atoms with Crippen molar-refractivity contribution in [1.82, 2.24) is 20.4 Å². The minimum atomic E-state index is -0.151. The Labute approximate surface area is 141 Å². The molecule has 7 heteroatoms. The molecule has 1 aliphatic heterocycles. The summed E-state index contributed by atoms with van der Waals surface area (Å²) < 4.78 is 11.0. The Balaban J connectivity index is 1.55. The fourth-order valence-electron chi connectivity index (χ4n) is 3.08. The van der Waals surface area contributed by atoms with Crippen molar-refractivity contribution in [3.05, 3.63) is 41.5 Å². The molecule has 2 aromatic rings. The summed E-state index contributed by atoms with van der Waals surface area (Å²) in [6.45, 7) is 6.90. The van der Waals surface area contributed by atoms with E-state index in [1.165, 1.54) is 0 Å². The van der Waals surface area contributed by atoms with Gasteiger partial charge in [-0.15, -0.1) is 0 Å². The highest BCUT2D eigenvalue weighted by Gasteiger charge is 2.29. The fourth-order valence-corrected chi connectivity index (χ4v) is 3.08. The number of amides is 2. The number of urea groups is 1. The van der Waals surface area contributed by atoms with Crippen molar-refractivity contribution in [2.75, 3.05) is 13.1 Å². The van der Waals surface area contributed by atoms with Crippen LogP contribution in [0.5, 0.6) is 5.75 Å². The first-order valence-electron chi connectivity index (χ1n) is 8.09. The van der Waals surface area contributed by atoms with E-state index in [4.69, 9.17) is 9.26 Å². The molecule has 2 aromatic heterocycles. The van der Waals surface area contributed by atoms with Crippen LogP contribution >= 0.6 is 0 Å². The Bertz CT molecular complexity index is 682. The van der Waals surface area contributed by atoms with Gasteiger partial charge in [-0.25, -0.2) is 4.79 Å². The Morgan fingerprint density at radius 3 is 3.00 bits per heavy atom. The third-order valence-corrected chi connectivity index (χ3v) is 4.23. The zero-order chi connectivity index (χ0) is 17.1. The summed E-state index contributed by atoms with van der Waals surface area (Å²) in [5.41, 5.74) is 1.74. The molecule has 0 bridgehead atoms. The predicted molar refractivity (Wildman–Crippen MR) is 87.8 cm³/mol. The number of hydrogen-bond donors (Lipinski definition) is 1. The van der Waals surface area contributed by atoms with Crippen molar-refractivity contribution in [2.24, 2.45) is 0 Å². The van der Waals surface area contributed by atoms with Gasteiger partial charge in [-0.1, -0.05) is 5.16 Å². The van der Waals surface area contributed by atoms with Gasteiger partial charge in [0, 0.05) is 24.7 Å². The summed E-state index contributed by atoms with van der Waals surface area (Å²) in [6, 6.07) is 3.46. The van der Waals surface area contributed by atoms with Gasteiger partial charge in [0.05, 0.1) is 24.5 Å². The molecule has 0 saturated carbocycles. The van der Waals surface area contributed by atoms with Crippen LogP contribution in [0.25, 0.3) is 0 Å². The maximum Gasteiger partial charge on any atom is 0.318 e. The van der Waals surface area contributed by atoms with Gasteiger partial charge in [0.1, 0.15) is 17.6 Å². The first-order valence-corrected chi connectivity index (χ1v) is 8.09. The number of carbonyl (C=O) groups excluding carboxylic acids is 1. The Kier molecular flexibility index (Phi) is 4.69. The van der Waals surface area contributed by atoms with E-state index in [1.54, 1.807) is 17.3 Å². The fraction of sp³-hybridized carbons (Fsp3) is 0.471. The minimum absolute atomic E-state index is 0.00526. The van der Waals surface area contributed by atoms with Gasteiger partial charge in [0.15, 0.2) is 0 Å². The van der Waals surface area contributed by atoms with Gasteiger partial charge < -0.3 is 19.5 Å². The van der Waals surface area contributed by atoms with Gasteiger partial charge >= 0.3 is 6.03 Å². The summed E-state index contributed by atoms with van der Waals surface area (Å²) in [6.07, 6.45) is 4.19. The quantitative estimate of drug-likeness (QED) is 0.932. The summed E-state index contributed by atoms with van der Waals surface area (Å²) in [7, 11) is 0. The van der Waals surface area contributed by atoms with Crippen LogP contribution in [0.4, 0.5) is 4.79 Å². The smallest absolute Gasteiger partial charge is 0.318 e. The van der Waals surface area contributed by atoms with Crippen molar-refractivity contribution in [2.45, 2.75) is 39.3 Å². The molecule has 2 amide bonds. The summed E-state index contributed by atoms with van der Waals surface area (Å²) in [5.74, 6) is 1.47. The van der Waals surface area contributed by atoms with Crippen molar-refractivity contribution >= 4 is 6.03 Å². The molecule has 3 rings (SSSR count). The normalized spacial score (nSPS) is 18.5. The van der Waals surface area contributed by atoms with E-state index >= 15 is 0 Å². The predicted octanol–water partition coefficient (Wildman–Crippen LogP) is 2.61. The Morgan fingerprint density at radius 2 is 2.33 bits per heavy atom. The molecule has 1 aliphatic rings. The zero-order valence-corrected chi connectivity index (χ0v) is 14.2. The molecule has 2 atom stereocenters. The third kappa shape index (κ3) is 3.50. The number of likely N-dealkylation sites (tertiary alicyclic amines) is 1. The number of rotatable bonds is 4. The van der Waals surface area contributed by atoms with Gasteiger partial charge in [-0.2, -0.15) is 0 Å². The van der Waals surface area contributed by atoms with Crippen LogP contribution in [0.3, 0.4) is 0 Å². The molecule has 3 heterocycles. The second-order valence-corrected chi connectivity index (χ2v) is 6.07. The van der Waals surface area contributed by atoms with E-state index in [0.29, 0.717) is 13.1 Å². The van der Waals surface area contributed by atoms with Crippen LogP contribution < -0.4 is 10.1 Å². The second kappa shape index (κ2) is 6.90. The van der Waals surface area contributed by atoms with E-state index in [2.05, 4.69) is 15.5 Å². The second-order valence-electron chi connectivity index (χ2n) is 6.07. The first kappa shape index (κ1) is 16.3. The molecule has 128 valence electrons. The van der Waals surface area contributed by atoms with E-state index in [9.17, 15) is 4.79 Å². The van der Waals surface area contributed by atoms with E-state index in [0.717, 1.165) is 29.2 Å². The summed E-state index contributed by atoms with van der Waals surface area (Å²) in [4.78, 5) is 18.3. The van der Waals surface area contributed by atoms with Crippen LogP contribution in [0.2, 0.25) is 0 Å². The number of nitrogens with one attached hydrogen (secondary N) is 1. The molecule has 24 heavy (non-hydrogen) atoms. The number of ether oxygens (including phenoxy) is 1. The SMILES string of the molecule is Cc1noc(C)c1C(C)NC(=O)N1CCC(Oc2cccnc2)C1. The first-order chi connectivity index (χ1) is 11.5. The minimum Gasteiger partial charge on any atom is -0.487 e. The molecule has 0 aliphatic carbocycles. The van der Waals surface area contributed by atoms with Gasteiger partial charge in [0.25, 0.3) is 0 Å². The number of carbonyl (C=O) groups is 1. The maximum absolute atomic E-state index is 12.5. The average molecular weight is 330 g/mol. The molecule has 1 N–H and O–H groups in total. The van der Waals surface area contributed by atoms with Crippen molar-refractivity contribution in [3.8, 4) is 5.75 Å². The maximum atomic E-state index is 12.5. The van der Waals surface area contributed by atoms with Gasteiger partial charge in [-0.3, -0.25) is 4.98 Å². The van der Waals surface area contributed by atoms with Crippen LogP contribution in [-0.2, 0) is 0 Å². The van der Waals surface area contributed by atoms with E-state index in [-0.39, 0.29) is 18.2 Å². The number of nitrogens with zero attached hydrogens (tertiary/aromatic N) is 3. The number of hydrogen-bond acceptors (Lipinski definition) is 5. The largest absolute Gasteiger partial charge is 0.487 e. The molecule has 2 unspecified atom stereocenters. The summed E-state index contributed by atoms with van der Waals surface area (Å²) in [5, 5.41) is 6.94. The van der Waals surface area contributed by atoms with Crippen molar-refractivity contribution in [3.63, 3.8) is 0 Å². The topological polar surface area (TPSA) is 80.5 Å². The van der Waals surface area contributed by atoms with Crippen LogP contribution in [0.1, 0.15) is 36.4 Å². The zero-order valence-electron chi connectivity index (χ0n) is 14.2. The number of pyridine rings is 1. The molecular formula is C17H22N4O3. The lowest BCUT2D eigenvalue weighted by molar-refractivity contribution is 0.184. The molecule has 7 nitrogen and oxygen atoms in total.